The molecule has 11 heteroatoms. The molecule has 0 unspecified atom stereocenters. The van der Waals surface area contributed by atoms with Crippen LogP contribution in [-0.2, 0) is 40.0 Å². The summed E-state index contributed by atoms with van der Waals surface area (Å²) in [7, 11) is 0. The summed E-state index contributed by atoms with van der Waals surface area (Å²) in [5.41, 5.74) is 2.92. The van der Waals surface area contributed by atoms with Gasteiger partial charge in [0.05, 0.1) is 17.7 Å². The molecule has 2 amide bonds. The third-order valence-corrected chi connectivity index (χ3v) is 7.77. The number of fused-ring (bicyclic) bond motifs is 1. The molecule has 0 aromatic heterocycles. The number of rotatable bonds is 8. The summed E-state index contributed by atoms with van der Waals surface area (Å²) >= 11 is 0. The van der Waals surface area contributed by atoms with E-state index in [1.165, 1.54) is 21.9 Å². The maximum atomic E-state index is 13.7. The maximum Gasteiger partial charge on any atom is 0.423 e. The van der Waals surface area contributed by atoms with Gasteiger partial charge in [0, 0.05) is 25.2 Å². The predicted molar refractivity (Wildman–Crippen MR) is 178 cm³/mol. The Morgan fingerprint density at radius 3 is 2.22 bits per heavy atom. The van der Waals surface area contributed by atoms with Gasteiger partial charge in [0.2, 0.25) is 0 Å². The molecule has 0 fully saturated rings. The van der Waals surface area contributed by atoms with Crippen LogP contribution < -0.4 is 9.64 Å². The van der Waals surface area contributed by atoms with Crippen LogP contribution in [-0.4, -0.2) is 41.7 Å². The van der Waals surface area contributed by atoms with E-state index in [1.807, 2.05) is 48.5 Å². The quantitative estimate of drug-likeness (QED) is 0.137. The summed E-state index contributed by atoms with van der Waals surface area (Å²) in [6.45, 7) is 5.69. The summed E-state index contributed by atoms with van der Waals surface area (Å²) in [4.78, 5) is 42.4. The van der Waals surface area contributed by atoms with Gasteiger partial charge in [-0.3, -0.25) is 9.69 Å². The highest BCUT2D eigenvalue weighted by Gasteiger charge is 2.31. The maximum absolute atomic E-state index is 13.7. The van der Waals surface area contributed by atoms with Crippen LogP contribution >= 0.6 is 0 Å². The molecule has 0 atom stereocenters. The summed E-state index contributed by atoms with van der Waals surface area (Å²) in [5.74, 6) is -0.0198. The standard InChI is InChI=1S/C38H37F3N2O6/c1-37(2,3)49-34(44)20-22-43(33-12-8-7-11-32(33)28-9-5-4-6-10-28)36(46)48-35(45)42-21-19-27-15-18-31(23-29(27)24-42)47-25-26-13-16-30(17-14-26)38(39,40)41/h4-18,23H,19-22,24-25H2,1-3H3. The Balaban J connectivity index is 1.28. The van der Waals surface area contributed by atoms with Crippen molar-refractivity contribution in [2.45, 2.75) is 58.5 Å². The second-order valence-electron chi connectivity index (χ2n) is 12.6. The van der Waals surface area contributed by atoms with Gasteiger partial charge in [0.15, 0.2) is 0 Å². The van der Waals surface area contributed by atoms with E-state index in [2.05, 4.69) is 0 Å². The second-order valence-corrected chi connectivity index (χ2v) is 12.6. The SMILES string of the molecule is CC(C)(C)OC(=O)CCN(C(=O)OC(=O)N1CCc2ccc(OCc3ccc(C(F)(F)F)cc3)cc2C1)c1ccccc1-c1ccccc1. The zero-order valence-corrected chi connectivity index (χ0v) is 27.5. The first-order valence-corrected chi connectivity index (χ1v) is 15.8. The number of benzene rings is 4. The molecule has 0 saturated heterocycles. The number of ether oxygens (including phenoxy) is 3. The number of esters is 1. The van der Waals surface area contributed by atoms with E-state index in [-0.39, 0.29) is 26.1 Å². The number of halogens is 3. The van der Waals surface area contributed by atoms with Gasteiger partial charge in [-0.05, 0) is 79.8 Å². The molecule has 0 saturated carbocycles. The van der Waals surface area contributed by atoms with Crippen molar-refractivity contribution in [2.24, 2.45) is 0 Å². The predicted octanol–water partition coefficient (Wildman–Crippen LogP) is 8.80. The van der Waals surface area contributed by atoms with Crippen LogP contribution in [0.4, 0.5) is 28.4 Å². The zero-order valence-electron chi connectivity index (χ0n) is 27.5. The zero-order chi connectivity index (χ0) is 35.2. The first-order chi connectivity index (χ1) is 23.3. The number of hydrogen-bond donors (Lipinski definition) is 0. The Labute approximate surface area is 283 Å². The summed E-state index contributed by atoms with van der Waals surface area (Å²) < 4.78 is 55.4. The van der Waals surface area contributed by atoms with Gasteiger partial charge in [0.25, 0.3) is 0 Å². The summed E-state index contributed by atoms with van der Waals surface area (Å²) in [6.07, 6.45) is -5.81. The number of carbonyl (C=O) groups excluding carboxylic acids is 3. The minimum atomic E-state index is -4.42. The first kappa shape index (κ1) is 35.0. The largest absolute Gasteiger partial charge is 0.489 e. The molecule has 1 aliphatic rings. The molecule has 5 rings (SSSR count). The van der Waals surface area contributed by atoms with E-state index < -0.39 is 35.5 Å². The molecule has 0 bridgehead atoms. The topological polar surface area (TPSA) is 85.4 Å². The van der Waals surface area contributed by atoms with E-state index >= 15 is 0 Å². The third kappa shape index (κ3) is 9.40. The van der Waals surface area contributed by atoms with Crippen molar-refractivity contribution < 1.29 is 41.8 Å². The molecule has 0 N–H and O–H groups in total. The third-order valence-electron chi connectivity index (χ3n) is 7.77. The fourth-order valence-electron chi connectivity index (χ4n) is 5.41. The molecular formula is C38H37F3N2O6. The molecule has 0 spiro atoms. The highest BCUT2D eigenvalue weighted by atomic mass is 19.4. The minimum absolute atomic E-state index is 0.0563. The average Bonchev–Trinajstić information content (AvgIpc) is 3.06. The van der Waals surface area contributed by atoms with Gasteiger partial charge in [-0.2, -0.15) is 13.2 Å². The normalized spacial score (nSPS) is 12.9. The van der Waals surface area contributed by atoms with E-state index in [4.69, 9.17) is 14.2 Å². The summed E-state index contributed by atoms with van der Waals surface area (Å²) in [5, 5.41) is 0. The molecule has 0 radical (unpaired) electrons. The van der Waals surface area contributed by atoms with E-state index in [0.29, 0.717) is 35.5 Å². The Kier molecular flexibility index (Phi) is 10.6. The van der Waals surface area contributed by atoms with Crippen molar-refractivity contribution in [3.63, 3.8) is 0 Å². The highest BCUT2D eigenvalue weighted by Crippen LogP contribution is 2.33. The summed E-state index contributed by atoms with van der Waals surface area (Å²) in [6, 6.07) is 26.8. The van der Waals surface area contributed by atoms with Crippen LogP contribution in [0.5, 0.6) is 5.75 Å². The molecule has 4 aromatic rings. The van der Waals surface area contributed by atoms with Crippen molar-refractivity contribution in [2.75, 3.05) is 18.0 Å². The Morgan fingerprint density at radius 1 is 0.837 bits per heavy atom. The van der Waals surface area contributed by atoms with Crippen molar-refractivity contribution in [1.82, 2.24) is 4.90 Å². The van der Waals surface area contributed by atoms with Crippen molar-refractivity contribution in [3.8, 4) is 16.9 Å². The monoisotopic (exact) mass is 674 g/mol. The van der Waals surface area contributed by atoms with Crippen LogP contribution in [0, 0.1) is 0 Å². The Morgan fingerprint density at radius 2 is 1.53 bits per heavy atom. The molecular weight excluding hydrogens is 637 g/mol. The van der Waals surface area contributed by atoms with Gasteiger partial charge in [-0.15, -0.1) is 0 Å². The van der Waals surface area contributed by atoms with Gasteiger partial charge >= 0.3 is 24.3 Å². The number of alkyl halides is 3. The van der Waals surface area contributed by atoms with Crippen molar-refractivity contribution >= 4 is 23.8 Å². The molecule has 1 aliphatic heterocycles. The van der Waals surface area contributed by atoms with Crippen LogP contribution in [0.25, 0.3) is 11.1 Å². The lowest BCUT2D eigenvalue weighted by Crippen LogP contribution is -2.42. The van der Waals surface area contributed by atoms with Crippen molar-refractivity contribution in [1.29, 1.82) is 0 Å². The Hall–Kier alpha value is -5.32. The first-order valence-electron chi connectivity index (χ1n) is 15.8. The van der Waals surface area contributed by atoms with Crippen LogP contribution in [0.3, 0.4) is 0 Å². The lowest BCUT2D eigenvalue weighted by atomic mass is 10.00. The fraction of sp³-hybridized carbons (Fsp3) is 0.289. The van der Waals surface area contributed by atoms with Gasteiger partial charge in [-0.25, -0.2) is 9.59 Å². The molecule has 8 nitrogen and oxygen atoms in total. The fourth-order valence-corrected chi connectivity index (χ4v) is 5.41. The number of nitrogens with zero attached hydrogens (tertiary/aromatic N) is 2. The minimum Gasteiger partial charge on any atom is -0.489 e. The number of amides is 2. The second kappa shape index (κ2) is 14.8. The lowest BCUT2D eigenvalue weighted by molar-refractivity contribution is -0.154. The smallest absolute Gasteiger partial charge is 0.423 e. The van der Waals surface area contributed by atoms with Crippen LogP contribution in [0.2, 0.25) is 0 Å². The van der Waals surface area contributed by atoms with Gasteiger partial charge in [0.1, 0.15) is 18.0 Å². The molecule has 1 heterocycles. The molecule has 256 valence electrons. The van der Waals surface area contributed by atoms with Crippen LogP contribution in [0.15, 0.2) is 97.1 Å². The van der Waals surface area contributed by atoms with Gasteiger partial charge in [-0.1, -0.05) is 66.7 Å². The van der Waals surface area contributed by atoms with E-state index in [9.17, 15) is 27.6 Å². The highest BCUT2D eigenvalue weighted by molar-refractivity contribution is 5.98. The number of para-hydroxylation sites is 1. The molecule has 0 aliphatic carbocycles. The molecule has 49 heavy (non-hydrogen) atoms. The Bertz CT molecular complexity index is 1790. The number of hydrogen-bond acceptors (Lipinski definition) is 6. The number of carbonyl (C=O) groups is 3. The van der Waals surface area contributed by atoms with Crippen LogP contribution in [0.1, 0.15) is 49.4 Å². The van der Waals surface area contributed by atoms with E-state index in [0.717, 1.165) is 28.8 Å². The average molecular weight is 675 g/mol. The lowest BCUT2D eigenvalue weighted by Gasteiger charge is -2.30. The van der Waals surface area contributed by atoms with Crippen molar-refractivity contribution in [3.05, 3.63) is 119 Å². The molecule has 4 aromatic carbocycles. The van der Waals surface area contributed by atoms with Gasteiger partial charge < -0.3 is 19.1 Å². The van der Waals surface area contributed by atoms with E-state index in [1.54, 1.807) is 45.0 Å². The number of anilines is 1.